The van der Waals surface area contributed by atoms with Gasteiger partial charge in [0.15, 0.2) is 5.78 Å². The molecule has 1 atom stereocenters. The van der Waals surface area contributed by atoms with Gasteiger partial charge in [0.05, 0.1) is 5.69 Å². The molecule has 0 bridgehead atoms. The first-order valence-corrected chi connectivity index (χ1v) is 10.8. The van der Waals surface area contributed by atoms with Crippen molar-refractivity contribution in [3.05, 3.63) is 76.3 Å². The molecule has 0 spiro atoms. The predicted molar refractivity (Wildman–Crippen MR) is 123 cm³/mol. The van der Waals surface area contributed by atoms with E-state index in [-0.39, 0.29) is 17.3 Å². The van der Waals surface area contributed by atoms with E-state index in [4.69, 9.17) is 4.98 Å². The highest BCUT2D eigenvalue weighted by Crippen LogP contribution is 2.26. The Balaban J connectivity index is 1.59. The normalized spacial score (nSPS) is 16.5. The van der Waals surface area contributed by atoms with Gasteiger partial charge in [0.2, 0.25) is 5.95 Å². The highest BCUT2D eigenvalue weighted by molar-refractivity contribution is 5.98. The van der Waals surface area contributed by atoms with Gasteiger partial charge < -0.3 is 4.90 Å². The van der Waals surface area contributed by atoms with Crippen LogP contribution in [0.3, 0.4) is 0 Å². The van der Waals surface area contributed by atoms with Crippen LogP contribution in [0.15, 0.2) is 59.7 Å². The van der Waals surface area contributed by atoms with Crippen molar-refractivity contribution in [1.82, 2.24) is 14.5 Å². The molecule has 6 nitrogen and oxygen atoms in total. The smallest absolute Gasteiger partial charge is 0.255 e. The van der Waals surface area contributed by atoms with Crippen LogP contribution in [0.4, 0.5) is 5.95 Å². The minimum Gasteiger partial charge on any atom is -0.341 e. The highest BCUT2D eigenvalue weighted by atomic mass is 16.1. The minimum absolute atomic E-state index is 0.111. The lowest BCUT2D eigenvalue weighted by Gasteiger charge is -2.33. The number of carbonyl (C=O) groups excluding carboxylic acids is 1. The number of aromatic nitrogens is 3. The molecular weight excluding hydrogens is 388 g/mol. The van der Waals surface area contributed by atoms with E-state index in [1.54, 1.807) is 30.1 Å². The first-order chi connectivity index (χ1) is 14.9. The number of Topliss-reactive ketones (excluding diaryl/α,β-unsaturated/α-hetero) is 1. The Hall–Kier alpha value is -3.28. The summed E-state index contributed by atoms with van der Waals surface area (Å²) in [6.07, 6.45) is 5.11. The quantitative estimate of drug-likeness (QED) is 0.587. The number of ketones is 1. The Morgan fingerprint density at radius 1 is 1.10 bits per heavy atom. The molecule has 1 aromatic carbocycles. The third-order valence-electron chi connectivity index (χ3n) is 6.02. The molecule has 3 aromatic rings. The van der Waals surface area contributed by atoms with Crippen molar-refractivity contribution < 1.29 is 4.79 Å². The standard InChI is InChI=1S/C25H28N4O2/c1-17(2)18-6-8-20(9-7-18)24(31)21-5-4-14-29(16-21)25-27-22(15-23(30)28(25)3)19-10-12-26-13-11-19/h6-13,15,17,21H,4-5,14,16H2,1-3H3. The molecule has 6 heteroatoms. The van der Waals surface area contributed by atoms with Gasteiger partial charge in [0.1, 0.15) is 0 Å². The number of pyridine rings is 1. The van der Waals surface area contributed by atoms with Gasteiger partial charge in [-0.1, -0.05) is 38.1 Å². The van der Waals surface area contributed by atoms with E-state index in [1.165, 1.54) is 5.56 Å². The van der Waals surface area contributed by atoms with Crippen LogP contribution in [0, 0.1) is 5.92 Å². The van der Waals surface area contributed by atoms with Crippen LogP contribution >= 0.6 is 0 Å². The summed E-state index contributed by atoms with van der Waals surface area (Å²) >= 11 is 0. The molecule has 3 heterocycles. The summed E-state index contributed by atoms with van der Waals surface area (Å²) in [5.74, 6) is 1.09. The van der Waals surface area contributed by atoms with Crippen molar-refractivity contribution in [2.24, 2.45) is 13.0 Å². The Morgan fingerprint density at radius 2 is 1.81 bits per heavy atom. The molecule has 1 saturated heterocycles. The van der Waals surface area contributed by atoms with Gasteiger partial charge in [-0.05, 0) is 36.5 Å². The molecule has 0 saturated carbocycles. The van der Waals surface area contributed by atoms with Gasteiger partial charge in [-0.2, -0.15) is 0 Å². The Kier molecular flexibility index (Phi) is 5.98. The van der Waals surface area contributed by atoms with Gasteiger partial charge in [-0.3, -0.25) is 19.1 Å². The van der Waals surface area contributed by atoms with Crippen molar-refractivity contribution in [2.45, 2.75) is 32.6 Å². The van der Waals surface area contributed by atoms with Crippen molar-refractivity contribution >= 4 is 11.7 Å². The van der Waals surface area contributed by atoms with Gasteiger partial charge in [0.25, 0.3) is 5.56 Å². The number of piperidine rings is 1. The average molecular weight is 417 g/mol. The SMILES string of the molecule is CC(C)c1ccc(C(=O)C2CCCN(c3nc(-c4ccncc4)cc(=O)n3C)C2)cc1. The van der Waals surface area contributed by atoms with Gasteiger partial charge in [-0.15, -0.1) is 0 Å². The fraction of sp³-hybridized carbons (Fsp3) is 0.360. The fourth-order valence-corrected chi connectivity index (χ4v) is 4.12. The van der Waals surface area contributed by atoms with Crippen molar-refractivity contribution in [2.75, 3.05) is 18.0 Å². The van der Waals surface area contributed by atoms with E-state index in [9.17, 15) is 9.59 Å². The third kappa shape index (κ3) is 4.43. The van der Waals surface area contributed by atoms with Crippen LogP contribution in [-0.2, 0) is 7.05 Å². The van der Waals surface area contributed by atoms with E-state index in [0.717, 1.165) is 30.5 Å². The van der Waals surface area contributed by atoms with Crippen molar-refractivity contribution in [3.8, 4) is 11.3 Å². The van der Waals surface area contributed by atoms with Crippen molar-refractivity contribution in [1.29, 1.82) is 0 Å². The second-order valence-corrected chi connectivity index (χ2v) is 8.50. The molecule has 31 heavy (non-hydrogen) atoms. The number of benzene rings is 1. The van der Waals surface area contributed by atoms with E-state index < -0.39 is 0 Å². The van der Waals surface area contributed by atoms with Crippen LogP contribution in [-0.4, -0.2) is 33.4 Å². The monoisotopic (exact) mass is 416 g/mol. The lowest BCUT2D eigenvalue weighted by molar-refractivity contribution is 0.0906. The molecule has 0 aliphatic carbocycles. The number of anilines is 1. The van der Waals surface area contributed by atoms with Crippen LogP contribution in [0.25, 0.3) is 11.3 Å². The summed E-state index contributed by atoms with van der Waals surface area (Å²) in [6.45, 7) is 5.63. The molecule has 1 aliphatic rings. The molecule has 1 unspecified atom stereocenters. The minimum atomic E-state index is -0.116. The molecule has 4 rings (SSSR count). The fourth-order valence-electron chi connectivity index (χ4n) is 4.12. The summed E-state index contributed by atoms with van der Waals surface area (Å²) in [5.41, 5.74) is 3.34. The zero-order chi connectivity index (χ0) is 22.0. The summed E-state index contributed by atoms with van der Waals surface area (Å²) in [7, 11) is 1.73. The Bertz CT molecular complexity index is 1120. The second kappa shape index (κ2) is 8.84. The lowest BCUT2D eigenvalue weighted by Crippen LogP contribution is -2.41. The second-order valence-electron chi connectivity index (χ2n) is 8.50. The zero-order valence-electron chi connectivity index (χ0n) is 18.3. The van der Waals surface area contributed by atoms with Crippen LogP contribution in [0.5, 0.6) is 0 Å². The Morgan fingerprint density at radius 3 is 2.48 bits per heavy atom. The molecule has 160 valence electrons. The van der Waals surface area contributed by atoms with Gasteiger partial charge in [0, 0.05) is 55.6 Å². The number of nitrogens with zero attached hydrogens (tertiary/aromatic N) is 4. The largest absolute Gasteiger partial charge is 0.341 e. The topological polar surface area (TPSA) is 68.1 Å². The van der Waals surface area contributed by atoms with Gasteiger partial charge in [-0.25, -0.2) is 4.98 Å². The molecule has 1 aliphatic heterocycles. The van der Waals surface area contributed by atoms with E-state index in [1.807, 2.05) is 36.4 Å². The number of carbonyl (C=O) groups is 1. The number of rotatable bonds is 5. The average Bonchev–Trinajstić information content (AvgIpc) is 2.81. The summed E-state index contributed by atoms with van der Waals surface area (Å²) in [6, 6.07) is 13.2. The maximum atomic E-state index is 13.2. The summed E-state index contributed by atoms with van der Waals surface area (Å²) in [4.78, 5) is 36.7. The van der Waals surface area contributed by atoms with E-state index in [2.05, 4.69) is 23.7 Å². The maximum Gasteiger partial charge on any atom is 0.255 e. The van der Waals surface area contributed by atoms with Crippen LogP contribution in [0.2, 0.25) is 0 Å². The van der Waals surface area contributed by atoms with Crippen molar-refractivity contribution in [3.63, 3.8) is 0 Å². The summed E-state index contributed by atoms with van der Waals surface area (Å²) < 4.78 is 1.56. The Labute approximate surface area is 182 Å². The zero-order valence-corrected chi connectivity index (χ0v) is 18.3. The first kappa shape index (κ1) is 21.0. The molecular formula is C25H28N4O2. The number of hydrogen-bond donors (Lipinski definition) is 0. The highest BCUT2D eigenvalue weighted by Gasteiger charge is 2.28. The van der Waals surface area contributed by atoms with Gasteiger partial charge >= 0.3 is 0 Å². The molecule has 0 N–H and O–H groups in total. The third-order valence-corrected chi connectivity index (χ3v) is 6.02. The predicted octanol–water partition coefficient (Wildman–Crippen LogP) is 4.07. The lowest BCUT2D eigenvalue weighted by atomic mass is 9.89. The number of hydrogen-bond acceptors (Lipinski definition) is 5. The molecule has 0 amide bonds. The first-order valence-electron chi connectivity index (χ1n) is 10.8. The molecule has 1 fully saturated rings. The molecule has 2 aromatic heterocycles. The maximum absolute atomic E-state index is 13.2. The summed E-state index contributed by atoms with van der Waals surface area (Å²) in [5, 5.41) is 0. The van der Waals surface area contributed by atoms with E-state index in [0.29, 0.717) is 24.1 Å². The molecule has 0 radical (unpaired) electrons. The van der Waals surface area contributed by atoms with Crippen LogP contribution in [0.1, 0.15) is 48.5 Å². The van der Waals surface area contributed by atoms with Crippen LogP contribution < -0.4 is 10.5 Å². The van der Waals surface area contributed by atoms with E-state index >= 15 is 0 Å².